The van der Waals surface area contributed by atoms with Crippen molar-refractivity contribution >= 4 is 39.9 Å². The number of likely N-dealkylation sites (tertiary alicyclic amines) is 1. The topological polar surface area (TPSA) is 110 Å². The number of carbonyl (C=O) groups excluding carboxylic acids is 4. The van der Waals surface area contributed by atoms with E-state index in [-0.39, 0.29) is 65.8 Å². The molecule has 0 aromatic heterocycles. The third-order valence-electron chi connectivity index (χ3n) is 6.16. The van der Waals surface area contributed by atoms with Gasteiger partial charge in [0.05, 0.1) is 0 Å². The molecule has 196 valence electrons. The van der Waals surface area contributed by atoms with E-state index in [1.807, 2.05) is 26.0 Å². The summed E-state index contributed by atoms with van der Waals surface area (Å²) in [6.45, 7) is 9.26. The van der Waals surface area contributed by atoms with Crippen LogP contribution in [0.25, 0.3) is 0 Å². The van der Waals surface area contributed by atoms with Crippen molar-refractivity contribution in [3.8, 4) is 0 Å². The summed E-state index contributed by atoms with van der Waals surface area (Å²) in [5.74, 6) is -0.0685. The number of hydrogen-bond donors (Lipinski definition) is 2. The number of benzene rings is 1. The smallest absolute Gasteiger partial charge is 0.540 e. The van der Waals surface area contributed by atoms with E-state index >= 15 is 0 Å². The number of nitrogens with one attached hydrogen (secondary N) is 1. The van der Waals surface area contributed by atoms with Crippen molar-refractivity contribution in [3.63, 3.8) is 0 Å². The van der Waals surface area contributed by atoms with E-state index in [1.165, 1.54) is 12.0 Å². The fourth-order valence-electron chi connectivity index (χ4n) is 4.38. The van der Waals surface area contributed by atoms with Gasteiger partial charge >= 0.3 is 29.6 Å². The third-order valence-corrected chi connectivity index (χ3v) is 6.69. The minimum absolute atomic E-state index is 0. The first-order valence-corrected chi connectivity index (χ1v) is 13.2. The molecule has 9 heteroatoms. The van der Waals surface area contributed by atoms with Gasteiger partial charge in [-0.15, -0.1) is 0 Å². The van der Waals surface area contributed by atoms with Gasteiger partial charge in [-0.05, 0) is 44.2 Å². The molecule has 1 aromatic rings. The van der Waals surface area contributed by atoms with Crippen LogP contribution in [0.3, 0.4) is 0 Å². The average molecular weight is 574 g/mol. The van der Waals surface area contributed by atoms with Gasteiger partial charge < -0.3 is 27.7 Å². The van der Waals surface area contributed by atoms with E-state index in [1.54, 1.807) is 11.2 Å². The number of rotatable bonds is 7. The molecule has 1 aliphatic heterocycles. The maximum atomic E-state index is 12.5. The van der Waals surface area contributed by atoms with E-state index in [9.17, 15) is 19.2 Å². The first-order chi connectivity index (χ1) is 16.6. The number of carbonyl (C=O) groups is 3. The maximum Gasteiger partial charge on any atom is 1.00 e. The van der Waals surface area contributed by atoms with Crippen molar-refractivity contribution in [2.75, 3.05) is 6.54 Å². The number of nitrogens with two attached hydrogens (primary N) is 1. The number of hydrogen-bond acceptors (Lipinski definition) is 4. The SMILES string of the molecule is CC(C)C(=O)N1C(C(=O)NC[C-]=O)C[C@@H]2CCCC[C@@H]21.Cc1ccc(Br)cc1.[CH2-]CCCC(N)=O.[Na+]. The van der Waals surface area contributed by atoms with Gasteiger partial charge in [0.25, 0.3) is 0 Å². The first kappa shape index (κ1) is 34.8. The summed E-state index contributed by atoms with van der Waals surface area (Å²) in [6.07, 6.45) is 8.87. The number of fused-ring (bicyclic) bond motifs is 1. The Morgan fingerprint density at radius 2 is 1.81 bits per heavy atom. The molecule has 0 bridgehead atoms. The molecule has 1 aromatic carbocycles. The standard InChI is InChI=1S/C15H23N2O3.C7H7Br.C5H10NO.Na/c1-10(2)15(20)17-12-6-4-3-5-11(12)9-13(17)14(19)16-7-8-18;1-6-2-4-7(8)5-3-6;1-2-3-4-5(6)7;/h10-13H,3-7,9H2,1-2H3,(H,16,19);2-5H,1H3;1-4H2,(H2,6,7);/q-1;;-1;+1/t11-,12-,13?;;;/m0.../s1. The molecule has 1 heterocycles. The summed E-state index contributed by atoms with van der Waals surface area (Å²) in [5.41, 5.74) is 6.11. The van der Waals surface area contributed by atoms with Crippen LogP contribution < -0.4 is 40.6 Å². The van der Waals surface area contributed by atoms with Gasteiger partial charge in [0.2, 0.25) is 17.7 Å². The molecular weight excluding hydrogens is 533 g/mol. The second kappa shape index (κ2) is 18.9. The minimum atomic E-state index is -0.411. The van der Waals surface area contributed by atoms with Crippen molar-refractivity contribution in [2.24, 2.45) is 17.6 Å². The predicted octanol–water partition coefficient (Wildman–Crippen LogP) is 1.27. The van der Waals surface area contributed by atoms with Gasteiger partial charge in [0.1, 0.15) is 6.04 Å². The van der Waals surface area contributed by atoms with E-state index in [2.05, 4.69) is 47.2 Å². The molecule has 0 radical (unpaired) electrons. The summed E-state index contributed by atoms with van der Waals surface area (Å²) >= 11 is 3.35. The Labute approximate surface area is 247 Å². The summed E-state index contributed by atoms with van der Waals surface area (Å²) in [5, 5.41) is 2.55. The molecule has 3 atom stereocenters. The van der Waals surface area contributed by atoms with Gasteiger partial charge in [-0.3, -0.25) is 14.4 Å². The Morgan fingerprint density at radius 1 is 1.19 bits per heavy atom. The van der Waals surface area contributed by atoms with Gasteiger partial charge in [-0.25, -0.2) is 6.29 Å². The summed E-state index contributed by atoms with van der Waals surface area (Å²) in [7, 11) is 0. The van der Waals surface area contributed by atoms with Crippen LogP contribution in [0.1, 0.15) is 70.8 Å². The number of unbranched alkanes of at least 4 members (excludes halogenated alkanes) is 1. The molecule has 1 saturated carbocycles. The molecule has 36 heavy (non-hydrogen) atoms. The molecule has 2 fully saturated rings. The van der Waals surface area contributed by atoms with E-state index in [0.29, 0.717) is 12.3 Å². The van der Waals surface area contributed by atoms with Gasteiger partial charge in [-0.2, -0.15) is 6.42 Å². The Morgan fingerprint density at radius 3 is 2.28 bits per heavy atom. The van der Waals surface area contributed by atoms with Crippen molar-refractivity contribution in [1.29, 1.82) is 0 Å². The molecule has 3 amide bonds. The van der Waals surface area contributed by atoms with Crippen LogP contribution in [-0.4, -0.2) is 47.5 Å². The Kier molecular flexibility index (Phi) is 18.3. The van der Waals surface area contributed by atoms with Crippen LogP contribution in [0, 0.1) is 25.7 Å². The van der Waals surface area contributed by atoms with E-state index in [4.69, 9.17) is 5.73 Å². The van der Waals surface area contributed by atoms with Crippen LogP contribution in [0.5, 0.6) is 0 Å². The molecular formula is C27H40BrN3NaO4-. The molecule has 1 aliphatic carbocycles. The zero-order valence-corrected chi connectivity index (χ0v) is 25.8. The predicted molar refractivity (Wildman–Crippen MR) is 142 cm³/mol. The van der Waals surface area contributed by atoms with Gasteiger partial charge in [0.15, 0.2) is 0 Å². The number of primary amides is 1. The molecule has 3 N–H and O–H groups in total. The second-order valence-electron chi connectivity index (χ2n) is 9.34. The fraction of sp³-hybridized carbons (Fsp3) is 0.593. The number of halogens is 1. The molecule has 7 nitrogen and oxygen atoms in total. The molecule has 0 spiro atoms. The summed E-state index contributed by atoms with van der Waals surface area (Å²) in [4.78, 5) is 46.7. The molecule has 1 saturated heterocycles. The van der Waals surface area contributed by atoms with Gasteiger partial charge in [0, 0.05) is 22.9 Å². The second-order valence-corrected chi connectivity index (χ2v) is 10.3. The van der Waals surface area contributed by atoms with E-state index < -0.39 is 6.04 Å². The monoisotopic (exact) mass is 572 g/mol. The fourth-order valence-corrected chi connectivity index (χ4v) is 4.65. The molecule has 1 unspecified atom stereocenters. The number of aryl methyl sites for hydroxylation is 1. The largest absolute Gasteiger partial charge is 1.00 e. The Hall–Kier alpha value is -1.22. The number of nitrogens with zero attached hydrogens (tertiary/aromatic N) is 1. The quantitative estimate of drug-likeness (QED) is 0.378. The summed E-state index contributed by atoms with van der Waals surface area (Å²) in [6, 6.07) is 8.01. The Bertz CT molecular complexity index is 799. The van der Waals surface area contributed by atoms with Crippen LogP contribution in [0.15, 0.2) is 28.7 Å². The van der Waals surface area contributed by atoms with Crippen LogP contribution >= 0.6 is 15.9 Å². The average Bonchev–Trinajstić information content (AvgIpc) is 3.23. The normalized spacial score (nSPS) is 19.9. The number of amides is 3. The van der Waals surface area contributed by atoms with Gasteiger partial charge in [-0.1, -0.05) is 73.3 Å². The maximum absolute atomic E-state index is 12.5. The summed E-state index contributed by atoms with van der Waals surface area (Å²) < 4.78 is 1.14. The van der Waals surface area contributed by atoms with Crippen LogP contribution in [-0.2, 0) is 19.2 Å². The van der Waals surface area contributed by atoms with Crippen molar-refractivity contribution in [1.82, 2.24) is 10.2 Å². The zero-order valence-electron chi connectivity index (χ0n) is 22.2. The molecule has 2 aliphatic rings. The van der Waals surface area contributed by atoms with E-state index in [0.717, 1.165) is 43.0 Å². The Balaban J connectivity index is 0.000000632. The van der Waals surface area contributed by atoms with Crippen molar-refractivity contribution < 1.29 is 48.7 Å². The zero-order chi connectivity index (χ0) is 26.4. The van der Waals surface area contributed by atoms with Crippen LogP contribution in [0.2, 0.25) is 0 Å². The first-order valence-electron chi connectivity index (χ1n) is 12.4. The molecule has 3 rings (SSSR count). The van der Waals surface area contributed by atoms with Crippen LogP contribution in [0.4, 0.5) is 0 Å². The minimum Gasteiger partial charge on any atom is -0.540 e. The van der Waals surface area contributed by atoms with Crippen molar-refractivity contribution in [2.45, 2.75) is 84.2 Å². The third kappa shape index (κ3) is 12.3. The van der Waals surface area contributed by atoms with Crippen molar-refractivity contribution in [3.05, 3.63) is 41.2 Å².